The molecule has 0 amide bonds. The molecule has 0 N–H and O–H groups in total. The van der Waals surface area contributed by atoms with E-state index in [4.69, 9.17) is 4.74 Å². The largest absolute Gasteiger partial charge is 0.494 e. The molecule has 1 aromatic carbocycles. The van der Waals surface area contributed by atoms with Gasteiger partial charge in [0.1, 0.15) is 5.75 Å². The van der Waals surface area contributed by atoms with Crippen molar-refractivity contribution in [3.8, 4) is 5.75 Å². The number of carbonyl (C=O) groups excluding carboxylic acids is 1. The van der Waals surface area contributed by atoms with E-state index in [9.17, 15) is 4.79 Å². The average molecular weight is 206 g/mol. The maximum atomic E-state index is 11.4. The van der Waals surface area contributed by atoms with Crippen LogP contribution in [0.1, 0.15) is 42.3 Å². The van der Waals surface area contributed by atoms with Crippen molar-refractivity contribution < 1.29 is 9.53 Å². The first kappa shape index (κ1) is 11.8. The summed E-state index contributed by atoms with van der Waals surface area (Å²) in [5.74, 6) is 0.924. The van der Waals surface area contributed by atoms with Crippen molar-refractivity contribution in [2.24, 2.45) is 0 Å². The topological polar surface area (TPSA) is 26.3 Å². The van der Waals surface area contributed by atoms with Crippen molar-refractivity contribution in [1.29, 1.82) is 0 Å². The van der Waals surface area contributed by atoms with E-state index in [0.717, 1.165) is 28.9 Å². The molecular formula is C13H18O2. The minimum Gasteiger partial charge on any atom is -0.494 e. The SMILES string of the molecule is CCOc1cc(C(C)=O)c(CC)cc1C. The van der Waals surface area contributed by atoms with Crippen molar-refractivity contribution in [3.05, 3.63) is 28.8 Å². The monoisotopic (exact) mass is 206 g/mol. The highest BCUT2D eigenvalue weighted by Crippen LogP contribution is 2.24. The van der Waals surface area contributed by atoms with Crippen molar-refractivity contribution in [1.82, 2.24) is 0 Å². The van der Waals surface area contributed by atoms with Gasteiger partial charge in [0.05, 0.1) is 6.61 Å². The van der Waals surface area contributed by atoms with E-state index in [-0.39, 0.29) is 5.78 Å². The van der Waals surface area contributed by atoms with E-state index in [1.165, 1.54) is 0 Å². The molecule has 0 radical (unpaired) electrons. The zero-order chi connectivity index (χ0) is 11.4. The summed E-state index contributed by atoms with van der Waals surface area (Å²) in [4.78, 5) is 11.4. The Balaban J connectivity index is 3.23. The van der Waals surface area contributed by atoms with Gasteiger partial charge in [-0.25, -0.2) is 0 Å². The van der Waals surface area contributed by atoms with Crippen LogP contribution in [0.5, 0.6) is 5.75 Å². The molecule has 0 atom stereocenters. The first-order valence-electron chi connectivity index (χ1n) is 5.37. The van der Waals surface area contributed by atoms with Gasteiger partial charge in [0, 0.05) is 5.56 Å². The van der Waals surface area contributed by atoms with Crippen LogP contribution in [0.3, 0.4) is 0 Å². The fourth-order valence-corrected chi connectivity index (χ4v) is 1.68. The highest BCUT2D eigenvalue weighted by molar-refractivity contribution is 5.96. The molecule has 2 heteroatoms. The molecule has 1 rings (SSSR count). The molecule has 0 aliphatic carbocycles. The van der Waals surface area contributed by atoms with Crippen LogP contribution in [-0.4, -0.2) is 12.4 Å². The molecule has 0 spiro atoms. The van der Waals surface area contributed by atoms with Crippen LogP contribution in [0.4, 0.5) is 0 Å². The Morgan fingerprint density at radius 3 is 2.47 bits per heavy atom. The summed E-state index contributed by atoms with van der Waals surface area (Å²) in [6.07, 6.45) is 0.877. The molecular weight excluding hydrogens is 188 g/mol. The molecule has 0 heterocycles. The fraction of sp³-hybridized carbons (Fsp3) is 0.462. The standard InChI is InChI=1S/C13H18O2/c1-5-11-7-9(3)13(15-6-2)8-12(11)10(4)14/h7-8H,5-6H2,1-4H3. The van der Waals surface area contributed by atoms with E-state index in [0.29, 0.717) is 6.61 Å². The summed E-state index contributed by atoms with van der Waals surface area (Å²) >= 11 is 0. The molecule has 82 valence electrons. The summed E-state index contributed by atoms with van der Waals surface area (Å²) in [7, 11) is 0. The molecule has 1 aromatic rings. The van der Waals surface area contributed by atoms with Crippen LogP contribution < -0.4 is 4.74 Å². The number of rotatable bonds is 4. The summed E-state index contributed by atoms with van der Waals surface area (Å²) < 4.78 is 5.47. The summed E-state index contributed by atoms with van der Waals surface area (Å²) in [6.45, 7) is 8.24. The normalized spacial score (nSPS) is 10.1. The minimum atomic E-state index is 0.104. The lowest BCUT2D eigenvalue weighted by atomic mass is 9.99. The number of Topliss-reactive ketones (excluding diaryl/α,β-unsaturated/α-hetero) is 1. The molecule has 2 nitrogen and oxygen atoms in total. The number of hydrogen-bond donors (Lipinski definition) is 0. The van der Waals surface area contributed by atoms with Gasteiger partial charge in [-0.3, -0.25) is 4.79 Å². The Morgan fingerprint density at radius 2 is 2.00 bits per heavy atom. The van der Waals surface area contributed by atoms with E-state index in [1.807, 2.05) is 26.0 Å². The predicted octanol–water partition coefficient (Wildman–Crippen LogP) is 3.16. The van der Waals surface area contributed by atoms with Gasteiger partial charge in [-0.2, -0.15) is 0 Å². The van der Waals surface area contributed by atoms with E-state index in [1.54, 1.807) is 6.92 Å². The van der Waals surface area contributed by atoms with Gasteiger partial charge in [0.25, 0.3) is 0 Å². The lowest BCUT2D eigenvalue weighted by Gasteiger charge is -2.12. The van der Waals surface area contributed by atoms with Gasteiger partial charge >= 0.3 is 0 Å². The number of ether oxygens (including phenoxy) is 1. The quantitative estimate of drug-likeness (QED) is 0.707. The lowest BCUT2D eigenvalue weighted by Crippen LogP contribution is -2.02. The van der Waals surface area contributed by atoms with Crippen molar-refractivity contribution in [3.63, 3.8) is 0 Å². The molecule has 0 saturated heterocycles. The first-order valence-corrected chi connectivity index (χ1v) is 5.37. The first-order chi connectivity index (χ1) is 7.10. The molecule has 0 aliphatic rings. The Hall–Kier alpha value is -1.31. The molecule has 0 saturated carbocycles. The van der Waals surface area contributed by atoms with Crippen LogP contribution in [0, 0.1) is 6.92 Å². The van der Waals surface area contributed by atoms with Crippen LogP contribution in [0.25, 0.3) is 0 Å². The third-order valence-electron chi connectivity index (χ3n) is 2.46. The van der Waals surface area contributed by atoms with Gasteiger partial charge in [0.2, 0.25) is 0 Å². The summed E-state index contributed by atoms with van der Waals surface area (Å²) in [5, 5.41) is 0. The van der Waals surface area contributed by atoms with Crippen LogP contribution in [0.2, 0.25) is 0 Å². The Bertz CT molecular complexity index is 367. The Labute approximate surface area is 91.3 Å². The smallest absolute Gasteiger partial charge is 0.160 e. The second-order valence-electron chi connectivity index (χ2n) is 3.62. The van der Waals surface area contributed by atoms with Crippen molar-refractivity contribution in [2.45, 2.75) is 34.1 Å². The molecule has 0 fully saturated rings. The zero-order valence-corrected chi connectivity index (χ0v) is 9.89. The van der Waals surface area contributed by atoms with Crippen LogP contribution >= 0.6 is 0 Å². The van der Waals surface area contributed by atoms with E-state index >= 15 is 0 Å². The van der Waals surface area contributed by atoms with Gasteiger partial charge < -0.3 is 4.74 Å². The summed E-state index contributed by atoms with van der Waals surface area (Å²) in [5.41, 5.74) is 2.98. The predicted molar refractivity (Wildman–Crippen MR) is 61.7 cm³/mol. The van der Waals surface area contributed by atoms with Gasteiger partial charge in [-0.1, -0.05) is 13.0 Å². The molecule has 0 aliphatic heterocycles. The number of carbonyl (C=O) groups is 1. The van der Waals surface area contributed by atoms with E-state index < -0.39 is 0 Å². The highest BCUT2D eigenvalue weighted by atomic mass is 16.5. The van der Waals surface area contributed by atoms with Crippen LogP contribution in [0.15, 0.2) is 12.1 Å². The third kappa shape index (κ3) is 2.58. The third-order valence-corrected chi connectivity index (χ3v) is 2.46. The van der Waals surface area contributed by atoms with Gasteiger partial charge in [-0.05, 0) is 44.4 Å². The fourth-order valence-electron chi connectivity index (χ4n) is 1.68. The summed E-state index contributed by atoms with van der Waals surface area (Å²) in [6, 6.07) is 3.90. The van der Waals surface area contributed by atoms with Crippen LogP contribution in [-0.2, 0) is 6.42 Å². The van der Waals surface area contributed by atoms with Crippen molar-refractivity contribution >= 4 is 5.78 Å². The van der Waals surface area contributed by atoms with Gasteiger partial charge in [-0.15, -0.1) is 0 Å². The minimum absolute atomic E-state index is 0.104. The highest BCUT2D eigenvalue weighted by Gasteiger charge is 2.10. The number of hydrogen-bond acceptors (Lipinski definition) is 2. The second-order valence-corrected chi connectivity index (χ2v) is 3.62. The Morgan fingerprint density at radius 1 is 1.33 bits per heavy atom. The second kappa shape index (κ2) is 4.96. The van der Waals surface area contributed by atoms with Gasteiger partial charge in [0.15, 0.2) is 5.78 Å². The average Bonchev–Trinajstić information content (AvgIpc) is 2.20. The van der Waals surface area contributed by atoms with E-state index in [2.05, 4.69) is 6.92 Å². The molecule has 15 heavy (non-hydrogen) atoms. The van der Waals surface area contributed by atoms with Crippen molar-refractivity contribution in [2.75, 3.05) is 6.61 Å². The molecule has 0 bridgehead atoms. The number of benzene rings is 1. The molecule has 0 unspecified atom stereocenters. The zero-order valence-electron chi connectivity index (χ0n) is 9.89. The molecule has 0 aromatic heterocycles. The lowest BCUT2D eigenvalue weighted by molar-refractivity contribution is 0.101. The number of ketones is 1. The maximum absolute atomic E-state index is 11.4. The maximum Gasteiger partial charge on any atom is 0.160 e. The number of aryl methyl sites for hydroxylation is 2. The Kier molecular flexibility index (Phi) is 3.89.